The number of fused-ring (bicyclic) bond motifs is 1. The Balaban J connectivity index is 2.18. The van der Waals surface area contributed by atoms with Gasteiger partial charge in [-0.1, -0.05) is 24.3 Å². The number of benzene rings is 1. The molecule has 0 fully saturated rings. The molecule has 134 valence electrons. The lowest BCUT2D eigenvalue weighted by molar-refractivity contribution is 0.0481. The van der Waals surface area contributed by atoms with Crippen LogP contribution in [0.3, 0.4) is 0 Å². The Labute approximate surface area is 144 Å². The minimum absolute atomic E-state index is 0.0357. The average molecular weight is 335 g/mol. The van der Waals surface area contributed by atoms with Crippen molar-refractivity contribution in [2.45, 2.75) is 51.2 Å². The van der Waals surface area contributed by atoms with Crippen molar-refractivity contribution in [3.63, 3.8) is 0 Å². The smallest absolute Gasteiger partial charge is 0.407 e. The maximum absolute atomic E-state index is 12.2. The molecule has 1 aromatic carbocycles. The van der Waals surface area contributed by atoms with Crippen LogP contribution in [0.25, 0.3) is 0 Å². The van der Waals surface area contributed by atoms with Crippen LogP contribution in [0, 0.1) is 5.92 Å². The second-order valence-corrected chi connectivity index (χ2v) is 7.41. The normalized spacial score (nSPS) is 21.2. The van der Waals surface area contributed by atoms with E-state index in [2.05, 4.69) is 17.4 Å². The summed E-state index contributed by atoms with van der Waals surface area (Å²) in [5.41, 5.74) is 1.89. The van der Waals surface area contributed by atoms with Gasteiger partial charge in [-0.2, -0.15) is 0 Å². The van der Waals surface area contributed by atoms with Gasteiger partial charge in [-0.05, 0) is 50.7 Å². The Morgan fingerprint density at radius 2 is 2.08 bits per heavy atom. The van der Waals surface area contributed by atoms with Crippen LogP contribution in [0.1, 0.15) is 44.2 Å². The zero-order valence-electron chi connectivity index (χ0n) is 15.0. The van der Waals surface area contributed by atoms with Crippen molar-refractivity contribution >= 4 is 6.09 Å². The lowest BCUT2D eigenvalue weighted by Crippen LogP contribution is -2.43. The predicted molar refractivity (Wildman–Crippen MR) is 93.1 cm³/mol. The molecule has 0 saturated heterocycles. The summed E-state index contributed by atoms with van der Waals surface area (Å²) >= 11 is 0. The first-order valence-corrected chi connectivity index (χ1v) is 8.53. The van der Waals surface area contributed by atoms with Crippen molar-refractivity contribution in [1.82, 2.24) is 5.32 Å². The molecule has 1 aromatic rings. The van der Waals surface area contributed by atoms with Gasteiger partial charge in [0.15, 0.2) is 0 Å². The van der Waals surface area contributed by atoms with Crippen LogP contribution in [0.15, 0.2) is 24.3 Å². The summed E-state index contributed by atoms with van der Waals surface area (Å²) in [7, 11) is 1.66. The van der Waals surface area contributed by atoms with Crippen molar-refractivity contribution in [1.29, 1.82) is 0 Å². The van der Waals surface area contributed by atoms with Crippen molar-refractivity contribution < 1.29 is 19.4 Å². The van der Waals surface area contributed by atoms with Gasteiger partial charge in [-0.3, -0.25) is 0 Å². The number of amides is 1. The van der Waals surface area contributed by atoms with Gasteiger partial charge in [0.25, 0.3) is 0 Å². The van der Waals surface area contributed by atoms with Crippen molar-refractivity contribution in [2.24, 2.45) is 5.92 Å². The molecule has 0 heterocycles. The first-order chi connectivity index (χ1) is 11.4. The quantitative estimate of drug-likeness (QED) is 0.839. The van der Waals surface area contributed by atoms with E-state index < -0.39 is 11.7 Å². The van der Waals surface area contributed by atoms with E-state index in [4.69, 9.17) is 9.47 Å². The minimum Gasteiger partial charge on any atom is -0.444 e. The standard InChI is InChI=1S/C19H29NO4/c1-19(2,3)24-18(22)20-16-11-13-7-5-6-8-15(13)17(16)14(12-21)9-10-23-4/h5-8,14,16-17,21H,9-12H2,1-4H3,(H,20,22)/t14?,16-,17-/m1/s1. The SMILES string of the molecule is COCCC(CO)[C@@H]1c2ccccc2C[C@H]1NC(=O)OC(C)(C)C. The number of rotatable bonds is 6. The van der Waals surface area contributed by atoms with E-state index in [0.29, 0.717) is 6.61 Å². The minimum atomic E-state index is -0.530. The van der Waals surface area contributed by atoms with E-state index in [1.54, 1.807) is 7.11 Å². The third-order valence-electron chi connectivity index (χ3n) is 4.42. The summed E-state index contributed by atoms with van der Waals surface area (Å²) in [6, 6.07) is 8.11. The maximum Gasteiger partial charge on any atom is 0.407 e. The van der Waals surface area contributed by atoms with Crippen LogP contribution in [0.5, 0.6) is 0 Å². The molecule has 2 N–H and O–H groups in total. The Kier molecular flexibility index (Phi) is 6.24. The molecule has 5 heteroatoms. The highest BCUT2D eigenvalue weighted by Crippen LogP contribution is 2.40. The molecule has 1 aliphatic carbocycles. The molecule has 24 heavy (non-hydrogen) atoms. The molecule has 1 amide bonds. The number of hydrogen-bond acceptors (Lipinski definition) is 4. The molecule has 3 atom stereocenters. The Morgan fingerprint density at radius 3 is 2.71 bits per heavy atom. The number of ether oxygens (including phenoxy) is 2. The number of carbonyl (C=O) groups excluding carboxylic acids is 1. The van der Waals surface area contributed by atoms with E-state index in [0.717, 1.165) is 12.8 Å². The number of methoxy groups -OCH3 is 1. The van der Waals surface area contributed by atoms with E-state index in [1.165, 1.54) is 11.1 Å². The molecule has 1 aliphatic rings. The summed E-state index contributed by atoms with van der Waals surface area (Å²) in [4.78, 5) is 12.2. The van der Waals surface area contributed by atoms with E-state index in [-0.39, 0.29) is 24.5 Å². The molecule has 0 aliphatic heterocycles. The van der Waals surface area contributed by atoms with Gasteiger partial charge in [0.2, 0.25) is 0 Å². The summed E-state index contributed by atoms with van der Waals surface area (Å²) in [5.74, 6) is 0.0994. The van der Waals surface area contributed by atoms with Gasteiger partial charge in [-0.15, -0.1) is 0 Å². The second-order valence-electron chi connectivity index (χ2n) is 7.41. The number of hydrogen-bond donors (Lipinski definition) is 2. The largest absolute Gasteiger partial charge is 0.444 e. The molecule has 0 saturated carbocycles. The first-order valence-electron chi connectivity index (χ1n) is 8.53. The molecule has 0 bridgehead atoms. The third kappa shape index (κ3) is 4.71. The molecular formula is C19H29NO4. The summed E-state index contributed by atoms with van der Waals surface area (Å²) in [6.07, 6.45) is 1.09. The topological polar surface area (TPSA) is 67.8 Å². The van der Waals surface area contributed by atoms with Crippen molar-refractivity contribution in [2.75, 3.05) is 20.3 Å². The van der Waals surface area contributed by atoms with Crippen molar-refractivity contribution in [3.05, 3.63) is 35.4 Å². The fourth-order valence-corrected chi connectivity index (χ4v) is 3.46. The highest BCUT2D eigenvalue weighted by Gasteiger charge is 2.38. The van der Waals surface area contributed by atoms with Crippen LogP contribution in [-0.4, -0.2) is 43.2 Å². The maximum atomic E-state index is 12.2. The number of aliphatic hydroxyl groups is 1. The zero-order chi connectivity index (χ0) is 17.7. The third-order valence-corrected chi connectivity index (χ3v) is 4.42. The van der Waals surface area contributed by atoms with E-state index >= 15 is 0 Å². The molecule has 0 spiro atoms. The molecular weight excluding hydrogens is 306 g/mol. The van der Waals surface area contributed by atoms with E-state index in [9.17, 15) is 9.90 Å². The van der Waals surface area contributed by atoms with Crippen LogP contribution in [0.2, 0.25) is 0 Å². The van der Waals surface area contributed by atoms with Crippen molar-refractivity contribution in [3.8, 4) is 0 Å². The highest BCUT2D eigenvalue weighted by atomic mass is 16.6. The Bertz CT molecular complexity index is 553. The van der Waals surface area contributed by atoms with E-state index in [1.807, 2.05) is 32.9 Å². The molecule has 2 rings (SSSR count). The van der Waals surface area contributed by atoms with Gasteiger partial charge in [-0.25, -0.2) is 4.79 Å². The first kappa shape index (κ1) is 18.7. The summed E-state index contributed by atoms with van der Waals surface area (Å²) < 4.78 is 10.6. The van der Waals surface area contributed by atoms with Crippen LogP contribution in [0.4, 0.5) is 4.79 Å². The van der Waals surface area contributed by atoms with Crippen LogP contribution >= 0.6 is 0 Å². The summed E-state index contributed by atoms with van der Waals surface area (Å²) in [6.45, 7) is 6.20. The number of carbonyl (C=O) groups is 1. The Hall–Kier alpha value is -1.59. The van der Waals surface area contributed by atoms with Gasteiger partial charge in [0.05, 0.1) is 0 Å². The lowest BCUT2D eigenvalue weighted by atomic mass is 9.83. The molecule has 0 aromatic heterocycles. The molecule has 1 unspecified atom stereocenters. The van der Waals surface area contributed by atoms with Gasteiger partial charge in [0, 0.05) is 32.3 Å². The lowest BCUT2D eigenvalue weighted by Gasteiger charge is -2.30. The summed E-state index contributed by atoms with van der Waals surface area (Å²) in [5, 5.41) is 12.9. The number of aliphatic hydroxyl groups excluding tert-OH is 1. The fourth-order valence-electron chi connectivity index (χ4n) is 3.46. The zero-order valence-corrected chi connectivity index (χ0v) is 15.0. The number of alkyl carbamates (subject to hydrolysis) is 1. The van der Waals surface area contributed by atoms with Crippen LogP contribution < -0.4 is 5.32 Å². The fraction of sp³-hybridized carbons (Fsp3) is 0.632. The molecule has 5 nitrogen and oxygen atoms in total. The monoisotopic (exact) mass is 335 g/mol. The second kappa shape index (κ2) is 7.99. The van der Waals surface area contributed by atoms with Gasteiger partial charge < -0.3 is 19.9 Å². The highest BCUT2D eigenvalue weighted by molar-refractivity contribution is 5.68. The number of nitrogens with one attached hydrogen (secondary N) is 1. The predicted octanol–water partition coefficient (Wildman–Crippen LogP) is 2.86. The van der Waals surface area contributed by atoms with Crippen LogP contribution in [-0.2, 0) is 15.9 Å². The van der Waals surface area contributed by atoms with Gasteiger partial charge >= 0.3 is 6.09 Å². The van der Waals surface area contributed by atoms with Gasteiger partial charge in [0.1, 0.15) is 5.60 Å². The molecule has 0 radical (unpaired) electrons. The average Bonchev–Trinajstić information content (AvgIpc) is 2.84. The Morgan fingerprint density at radius 1 is 1.38 bits per heavy atom.